The summed E-state index contributed by atoms with van der Waals surface area (Å²) in [6.45, 7) is 5.97. The molecule has 1 aliphatic rings. The molecule has 3 heterocycles. The SMILES string of the molecule is CC1CN(c2ccc(S(=O)(=O)Nc3nccs3)cc2)CCN1C(=O)[C@@H](C)n1ccc2ccccc21.[HH]. The lowest BCUT2D eigenvalue weighted by molar-refractivity contribution is -0.136. The molecule has 1 unspecified atom stereocenters. The molecule has 0 bridgehead atoms. The standard InChI is InChI=1S/C25H27N5O3S2.H2/c1-18-17-28(21-7-9-22(10-8-21)35(32,33)27-25-26-12-16-34-25)14-15-29(18)24(31)19(2)30-13-11-20-5-3-4-6-23(20)30;/h3-13,16,18-19H,14-15,17H2,1-2H3,(H,26,27);1H/t18?,19-;/m1./s1. The monoisotopic (exact) mass is 511 g/mol. The van der Waals surface area contributed by atoms with Crippen LogP contribution in [-0.4, -0.2) is 54.5 Å². The van der Waals surface area contributed by atoms with Gasteiger partial charge in [0, 0.05) is 56.1 Å². The lowest BCUT2D eigenvalue weighted by Gasteiger charge is -2.42. The predicted molar refractivity (Wildman–Crippen MR) is 142 cm³/mol. The van der Waals surface area contributed by atoms with Crippen molar-refractivity contribution in [3.05, 3.63) is 72.4 Å². The zero-order valence-electron chi connectivity index (χ0n) is 19.5. The smallest absolute Gasteiger partial charge is 0.263 e. The van der Waals surface area contributed by atoms with Gasteiger partial charge < -0.3 is 14.4 Å². The maximum absolute atomic E-state index is 13.4. The number of nitrogens with zero attached hydrogens (tertiary/aromatic N) is 4. The van der Waals surface area contributed by atoms with Crippen LogP contribution in [0.25, 0.3) is 10.9 Å². The molecule has 8 nitrogen and oxygen atoms in total. The molecule has 2 atom stereocenters. The van der Waals surface area contributed by atoms with E-state index in [1.807, 2.05) is 59.0 Å². The van der Waals surface area contributed by atoms with Crippen molar-refractivity contribution in [2.45, 2.75) is 30.8 Å². The Morgan fingerprint density at radius 1 is 1.14 bits per heavy atom. The van der Waals surface area contributed by atoms with Crippen LogP contribution < -0.4 is 9.62 Å². The minimum atomic E-state index is -3.68. The summed E-state index contributed by atoms with van der Waals surface area (Å²) in [5.74, 6) is 0.105. The third-order valence-electron chi connectivity index (χ3n) is 6.48. The van der Waals surface area contributed by atoms with Gasteiger partial charge in [-0.3, -0.25) is 9.52 Å². The largest absolute Gasteiger partial charge is 0.368 e. The van der Waals surface area contributed by atoms with Crippen molar-refractivity contribution in [3.8, 4) is 0 Å². The van der Waals surface area contributed by atoms with Crippen LogP contribution >= 0.6 is 11.3 Å². The molecule has 5 rings (SSSR count). The molecule has 1 amide bonds. The summed E-state index contributed by atoms with van der Waals surface area (Å²) in [5.41, 5.74) is 1.99. The summed E-state index contributed by atoms with van der Waals surface area (Å²) in [6.07, 6.45) is 3.53. The molecule has 4 aromatic rings. The van der Waals surface area contributed by atoms with Crippen LogP contribution in [0.4, 0.5) is 10.8 Å². The number of nitrogens with one attached hydrogen (secondary N) is 1. The molecule has 184 valence electrons. The molecule has 2 aromatic carbocycles. The number of anilines is 2. The minimum absolute atomic E-state index is 0. The van der Waals surface area contributed by atoms with Crippen LogP contribution in [0.15, 0.2) is 77.3 Å². The van der Waals surface area contributed by atoms with Gasteiger partial charge in [0.15, 0.2) is 5.13 Å². The molecule has 1 N–H and O–H groups in total. The van der Waals surface area contributed by atoms with E-state index in [1.54, 1.807) is 23.7 Å². The van der Waals surface area contributed by atoms with Gasteiger partial charge in [-0.15, -0.1) is 11.3 Å². The van der Waals surface area contributed by atoms with Crippen LogP contribution in [0, 0.1) is 0 Å². The van der Waals surface area contributed by atoms with Crippen molar-refractivity contribution in [2.24, 2.45) is 0 Å². The van der Waals surface area contributed by atoms with Gasteiger partial charge in [0.25, 0.3) is 10.0 Å². The number of hydrogen-bond donors (Lipinski definition) is 1. The lowest BCUT2D eigenvalue weighted by Crippen LogP contribution is -2.55. The number of fused-ring (bicyclic) bond motifs is 1. The highest BCUT2D eigenvalue weighted by molar-refractivity contribution is 7.93. The fourth-order valence-electron chi connectivity index (χ4n) is 4.60. The number of amides is 1. The molecule has 35 heavy (non-hydrogen) atoms. The number of carbonyl (C=O) groups excluding carboxylic acids is 1. The number of thiazole rings is 1. The molecule has 1 saturated heterocycles. The quantitative estimate of drug-likeness (QED) is 0.413. The first-order valence-corrected chi connectivity index (χ1v) is 13.8. The van der Waals surface area contributed by atoms with Gasteiger partial charge >= 0.3 is 0 Å². The first-order chi connectivity index (χ1) is 16.8. The fraction of sp³-hybridized carbons (Fsp3) is 0.280. The Balaban J connectivity index is 0.00000304. The summed E-state index contributed by atoms with van der Waals surface area (Å²) in [5, 5.41) is 3.18. The van der Waals surface area contributed by atoms with Gasteiger partial charge in [-0.25, -0.2) is 13.4 Å². The van der Waals surface area contributed by atoms with E-state index in [-0.39, 0.29) is 24.3 Å². The van der Waals surface area contributed by atoms with Crippen molar-refractivity contribution in [1.29, 1.82) is 0 Å². The van der Waals surface area contributed by atoms with Gasteiger partial charge in [-0.2, -0.15) is 0 Å². The molecule has 1 aliphatic heterocycles. The number of carbonyl (C=O) groups is 1. The number of piperazine rings is 1. The zero-order valence-corrected chi connectivity index (χ0v) is 21.2. The first kappa shape index (κ1) is 23.4. The highest BCUT2D eigenvalue weighted by Crippen LogP contribution is 2.26. The number of hydrogen-bond acceptors (Lipinski definition) is 6. The molecule has 0 saturated carbocycles. The summed E-state index contributed by atoms with van der Waals surface area (Å²) < 4.78 is 29.7. The predicted octanol–water partition coefficient (Wildman–Crippen LogP) is 4.44. The maximum Gasteiger partial charge on any atom is 0.263 e. The topological polar surface area (TPSA) is 87.5 Å². The highest BCUT2D eigenvalue weighted by Gasteiger charge is 2.31. The lowest BCUT2D eigenvalue weighted by atomic mass is 10.1. The Labute approximate surface area is 210 Å². The van der Waals surface area contributed by atoms with E-state index in [4.69, 9.17) is 0 Å². The van der Waals surface area contributed by atoms with Gasteiger partial charge in [-0.05, 0) is 55.6 Å². The van der Waals surface area contributed by atoms with Crippen LogP contribution in [0.2, 0.25) is 0 Å². The molecular weight excluding hydrogens is 482 g/mol. The summed E-state index contributed by atoms with van der Waals surface area (Å²) in [4.78, 5) is 21.7. The summed E-state index contributed by atoms with van der Waals surface area (Å²) >= 11 is 1.23. The second-order valence-corrected chi connectivity index (χ2v) is 11.3. The number of benzene rings is 2. The second kappa shape index (κ2) is 9.35. The van der Waals surface area contributed by atoms with Gasteiger partial charge in [0.05, 0.1) is 4.90 Å². The highest BCUT2D eigenvalue weighted by atomic mass is 32.2. The van der Waals surface area contributed by atoms with Crippen LogP contribution in [0.3, 0.4) is 0 Å². The van der Waals surface area contributed by atoms with Crippen LogP contribution in [0.1, 0.15) is 21.3 Å². The van der Waals surface area contributed by atoms with E-state index < -0.39 is 10.0 Å². The fourth-order valence-corrected chi connectivity index (χ4v) is 6.39. The van der Waals surface area contributed by atoms with E-state index in [1.165, 1.54) is 11.3 Å². The normalized spacial score (nSPS) is 17.5. The summed E-state index contributed by atoms with van der Waals surface area (Å²) in [6, 6.07) is 16.7. The van der Waals surface area contributed by atoms with Crippen molar-refractivity contribution in [2.75, 3.05) is 29.3 Å². The van der Waals surface area contributed by atoms with Gasteiger partial charge in [-0.1, -0.05) is 18.2 Å². The van der Waals surface area contributed by atoms with E-state index in [0.29, 0.717) is 24.8 Å². The molecule has 1 fully saturated rings. The van der Waals surface area contributed by atoms with Crippen molar-refractivity contribution < 1.29 is 14.6 Å². The van der Waals surface area contributed by atoms with Crippen LogP contribution in [0.5, 0.6) is 0 Å². The Morgan fingerprint density at radius 3 is 2.63 bits per heavy atom. The van der Waals surface area contributed by atoms with E-state index >= 15 is 0 Å². The van der Waals surface area contributed by atoms with E-state index in [2.05, 4.69) is 27.6 Å². The average Bonchev–Trinajstić information content (AvgIpc) is 3.53. The summed E-state index contributed by atoms with van der Waals surface area (Å²) in [7, 11) is -3.68. The minimum Gasteiger partial charge on any atom is -0.368 e. The molecule has 0 radical (unpaired) electrons. The maximum atomic E-state index is 13.4. The molecule has 10 heteroatoms. The number of aromatic nitrogens is 2. The van der Waals surface area contributed by atoms with E-state index in [0.717, 1.165) is 16.6 Å². The van der Waals surface area contributed by atoms with Gasteiger partial charge in [0.2, 0.25) is 5.91 Å². The molecule has 0 aliphatic carbocycles. The zero-order chi connectivity index (χ0) is 24.6. The molecular formula is C25H29N5O3S2. The van der Waals surface area contributed by atoms with Gasteiger partial charge in [0.1, 0.15) is 6.04 Å². The third kappa shape index (κ3) is 4.63. The Bertz CT molecular complexity index is 1440. The van der Waals surface area contributed by atoms with E-state index in [9.17, 15) is 13.2 Å². The van der Waals surface area contributed by atoms with Crippen LogP contribution in [-0.2, 0) is 14.8 Å². The number of rotatable bonds is 6. The molecule has 2 aromatic heterocycles. The molecule has 0 spiro atoms. The first-order valence-electron chi connectivity index (χ1n) is 11.5. The number of para-hydroxylation sites is 1. The Kier molecular flexibility index (Phi) is 6.24. The Morgan fingerprint density at radius 2 is 1.91 bits per heavy atom. The average molecular weight is 512 g/mol. The second-order valence-electron chi connectivity index (χ2n) is 8.72. The number of sulfonamides is 1. The Hall–Kier alpha value is -3.37. The van der Waals surface area contributed by atoms with Crippen molar-refractivity contribution in [1.82, 2.24) is 14.5 Å². The van der Waals surface area contributed by atoms with Crippen molar-refractivity contribution in [3.63, 3.8) is 0 Å². The third-order valence-corrected chi connectivity index (χ3v) is 8.65. The van der Waals surface area contributed by atoms with Crippen molar-refractivity contribution >= 4 is 49.0 Å².